The molecule has 2 aliphatic rings. The number of rotatable bonds is 9. The van der Waals surface area contributed by atoms with Crippen LogP contribution in [0.3, 0.4) is 0 Å². The molecule has 0 bridgehead atoms. The second-order valence-electron chi connectivity index (χ2n) is 9.43. The van der Waals surface area contributed by atoms with Crippen molar-refractivity contribution in [2.75, 3.05) is 13.6 Å². The zero-order valence-electron chi connectivity index (χ0n) is 19.8. The van der Waals surface area contributed by atoms with Gasteiger partial charge in [0.25, 0.3) is 5.91 Å². The third-order valence-corrected chi connectivity index (χ3v) is 6.98. The predicted octanol–water partition coefficient (Wildman–Crippen LogP) is 3.64. The Morgan fingerprint density at radius 2 is 1.88 bits per heavy atom. The van der Waals surface area contributed by atoms with Gasteiger partial charge in [-0.05, 0) is 69.4 Å². The van der Waals surface area contributed by atoms with Crippen molar-refractivity contribution in [1.29, 1.82) is 0 Å². The second-order valence-corrected chi connectivity index (χ2v) is 9.43. The SMILES string of the molecule is CC(C(=O)N(C)CCCCCc1cc(-c2ccc(F)cc2)n[nH]1)N1C(=O)NC2(CCCC2)C1=O. The van der Waals surface area contributed by atoms with Crippen molar-refractivity contribution in [2.45, 2.75) is 69.9 Å². The van der Waals surface area contributed by atoms with Gasteiger partial charge in [0.2, 0.25) is 5.91 Å². The van der Waals surface area contributed by atoms with Gasteiger partial charge in [-0.1, -0.05) is 19.3 Å². The minimum Gasteiger partial charge on any atom is -0.344 e. The van der Waals surface area contributed by atoms with Gasteiger partial charge in [0.05, 0.1) is 5.69 Å². The highest BCUT2D eigenvalue weighted by molar-refractivity contribution is 6.09. The molecule has 1 spiro atoms. The van der Waals surface area contributed by atoms with Crippen LogP contribution in [0.25, 0.3) is 11.3 Å². The van der Waals surface area contributed by atoms with E-state index in [9.17, 15) is 18.8 Å². The molecule has 1 aromatic heterocycles. The van der Waals surface area contributed by atoms with Crippen LogP contribution in [0.15, 0.2) is 30.3 Å². The van der Waals surface area contributed by atoms with Crippen LogP contribution < -0.4 is 5.32 Å². The van der Waals surface area contributed by atoms with Crippen LogP contribution in [0.2, 0.25) is 0 Å². The highest BCUT2D eigenvalue weighted by Crippen LogP contribution is 2.35. The van der Waals surface area contributed by atoms with Crippen LogP contribution in [0.5, 0.6) is 0 Å². The lowest BCUT2D eigenvalue weighted by atomic mass is 9.97. The van der Waals surface area contributed by atoms with Gasteiger partial charge in [0.1, 0.15) is 17.4 Å². The number of nitrogens with zero attached hydrogens (tertiary/aromatic N) is 3. The van der Waals surface area contributed by atoms with E-state index in [2.05, 4.69) is 15.5 Å². The minimum absolute atomic E-state index is 0.226. The van der Waals surface area contributed by atoms with E-state index in [0.717, 1.165) is 60.4 Å². The molecule has 34 heavy (non-hydrogen) atoms. The summed E-state index contributed by atoms with van der Waals surface area (Å²) in [5.41, 5.74) is 1.86. The molecule has 9 heteroatoms. The first kappa shape index (κ1) is 23.9. The number of unbranched alkanes of at least 4 members (excludes halogenated alkanes) is 2. The minimum atomic E-state index is -0.813. The van der Waals surface area contributed by atoms with Crippen LogP contribution in [0.1, 0.15) is 57.6 Å². The van der Waals surface area contributed by atoms with E-state index in [4.69, 9.17) is 0 Å². The van der Waals surface area contributed by atoms with Crippen molar-refractivity contribution in [2.24, 2.45) is 0 Å². The Hall–Kier alpha value is -3.23. The topological polar surface area (TPSA) is 98.4 Å². The molecule has 4 amide bonds. The van der Waals surface area contributed by atoms with Crippen LogP contribution >= 0.6 is 0 Å². The predicted molar refractivity (Wildman–Crippen MR) is 125 cm³/mol. The number of H-pyrrole nitrogens is 1. The molecule has 1 unspecified atom stereocenters. The average Bonchev–Trinajstić information content (AvgIpc) is 3.54. The number of carbonyl (C=O) groups excluding carboxylic acids is 3. The first-order chi connectivity index (χ1) is 16.3. The Labute approximate surface area is 198 Å². The number of halogens is 1. The second kappa shape index (κ2) is 9.95. The van der Waals surface area contributed by atoms with Crippen molar-refractivity contribution >= 4 is 17.8 Å². The maximum absolute atomic E-state index is 13.1. The van der Waals surface area contributed by atoms with Crippen LogP contribution in [-0.2, 0) is 16.0 Å². The average molecular weight is 470 g/mol. The maximum Gasteiger partial charge on any atom is 0.325 e. The number of benzene rings is 1. The van der Waals surface area contributed by atoms with Crippen molar-refractivity contribution in [3.8, 4) is 11.3 Å². The Morgan fingerprint density at radius 1 is 1.18 bits per heavy atom. The lowest BCUT2D eigenvalue weighted by molar-refractivity contribution is -0.142. The number of hydrogen-bond donors (Lipinski definition) is 2. The number of carbonyl (C=O) groups is 3. The van der Waals surface area contributed by atoms with Gasteiger partial charge in [-0.15, -0.1) is 0 Å². The van der Waals surface area contributed by atoms with E-state index < -0.39 is 17.6 Å². The maximum atomic E-state index is 13.1. The lowest BCUT2D eigenvalue weighted by Crippen LogP contribution is -2.50. The Kier molecular flexibility index (Phi) is 7.00. The molecule has 1 aliphatic heterocycles. The number of likely N-dealkylation sites (N-methyl/N-ethyl adjacent to an activating group) is 1. The van der Waals surface area contributed by atoms with E-state index in [1.807, 2.05) is 6.07 Å². The highest BCUT2D eigenvalue weighted by atomic mass is 19.1. The standard InChI is InChI=1S/C25H32FN5O3/c1-17(31-23(33)25(27-24(31)34)13-5-6-14-25)22(32)30(2)15-7-3-4-8-20-16-21(29-28-20)18-9-11-19(26)12-10-18/h9-12,16-17H,3-8,13-15H2,1-2H3,(H,27,34)(H,28,29). The van der Waals surface area contributed by atoms with Crippen molar-refractivity contribution in [3.05, 3.63) is 41.8 Å². The molecule has 182 valence electrons. The Bertz CT molecular complexity index is 1050. The number of nitrogens with one attached hydrogen (secondary N) is 2. The third-order valence-electron chi connectivity index (χ3n) is 6.98. The van der Waals surface area contributed by atoms with E-state index in [0.29, 0.717) is 19.4 Å². The fourth-order valence-electron chi connectivity index (χ4n) is 4.95. The van der Waals surface area contributed by atoms with Crippen LogP contribution in [-0.4, -0.2) is 63.0 Å². The number of aryl methyl sites for hydroxylation is 1. The van der Waals surface area contributed by atoms with Crippen LogP contribution in [0.4, 0.5) is 9.18 Å². The summed E-state index contributed by atoms with van der Waals surface area (Å²) in [4.78, 5) is 41.0. The highest BCUT2D eigenvalue weighted by Gasteiger charge is 2.54. The fraction of sp³-hybridized carbons (Fsp3) is 0.520. The third kappa shape index (κ3) is 4.83. The summed E-state index contributed by atoms with van der Waals surface area (Å²) in [6, 6.07) is 6.95. The largest absolute Gasteiger partial charge is 0.344 e. The molecule has 4 rings (SSSR count). The summed E-state index contributed by atoms with van der Waals surface area (Å²) >= 11 is 0. The molecule has 2 heterocycles. The normalized spacial score (nSPS) is 17.9. The number of urea groups is 1. The molecule has 0 radical (unpaired) electrons. The molecular formula is C25H32FN5O3. The number of hydrogen-bond acceptors (Lipinski definition) is 4. The smallest absolute Gasteiger partial charge is 0.325 e. The van der Waals surface area contributed by atoms with Crippen molar-refractivity contribution in [3.63, 3.8) is 0 Å². The molecule has 1 saturated carbocycles. The fourth-order valence-corrected chi connectivity index (χ4v) is 4.95. The van der Waals surface area contributed by atoms with Gasteiger partial charge in [-0.25, -0.2) is 14.1 Å². The molecule has 1 aliphatic carbocycles. The number of aromatic amines is 1. The first-order valence-electron chi connectivity index (χ1n) is 12.0. The summed E-state index contributed by atoms with van der Waals surface area (Å²) in [6.07, 6.45) is 6.60. The van der Waals surface area contributed by atoms with Gasteiger partial charge in [-0.3, -0.25) is 14.7 Å². The molecule has 2 fully saturated rings. The van der Waals surface area contributed by atoms with Gasteiger partial charge in [0, 0.05) is 24.8 Å². The summed E-state index contributed by atoms with van der Waals surface area (Å²) in [5.74, 6) is -0.759. The van der Waals surface area contributed by atoms with Gasteiger partial charge in [-0.2, -0.15) is 5.10 Å². The van der Waals surface area contributed by atoms with Crippen molar-refractivity contribution < 1.29 is 18.8 Å². The molecule has 8 nitrogen and oxygen atoms in total. The number of amides is 4. The summed E-state index contributed by atoms with van der Waals surface area (Å²) in [6.45, 7) is 2.18. The molecule has 1 saturated heterocycles. The molecule has 2 aromatic rings. The summed E-state index contributed by atoms with van der Waals surface area (Å²) < 4.78 is 13.1. The van der Waals surface area contributed by atoms with Gasteiger partial charge in [0.15, 0.2) is 0 Å². The zero-order valence-corrected chi connectivity index (χ0v) is 19.8. The van der Waals surface area contributed by atoms with E-state index in [-0.39, 0.29) is 17.6 Å². The van der Waals surface area contributed by atoms with E-state index >= 15 is 0 Å². The summed E-state index contributed by atoms with van der Waals surface area (Å²) in [5, 5.41) is 10.2. The van der Waals surface area contributed by atoms with E-state index in [1.165, 1.54) is 12.1 Å². The van der Waals surface area contributed by atoms with E-state index in [1.54, 1.807) is 31.0 Å². The zero-order chi connectivity index (χ0) is 24.3. The molecule has 1 atom stereocenters. The van der Waals surface area contributed by atoms with Gasteiger partial charge >= 0.3 is 6.03 Å². The Morgan fingerprint density at radius 3 is 2.59 bits per heavy atom. The van der Waals surface area contributed by atoms with Crippen molar-refractivity contribution in [1.82, 2.24) is 25.3 Å². The number of aromatic nitrogens is 2. The molecule has 1 aromatic carbocycles. The first-order valence-corrected chi connectivity index (χ1v) is 12.0. The Balaban J connectivity index is 1.20. The van der Waals surface area contributed by atoms with Gasteiger partial charge < -0.3 is 10.2 Å². The quantitative estimate of drug-likeness (QED) is 0.433. The monoisotopic (exact) mass is 469 g/mol. The number of imide groups is 1. The lowest BCUT2D eigenvalue weighted by Gasteiger charge is -2.27. The molecule has 2 N–H and O–H groups in total. The molecular weight excluding hydrogens is 437 g/mol. The van der Waals surface area contributed by atoms with Crippen LogP contribution in [0, 0.1) is 5.82 Å². The summed E-state index contributed by atoms with van der Waals surface area (Å²) in [7, 11) is 1.71.